The summed E-state index contributed by atoms with van der Waals surface area (Å²) in [6.07, 6.45) is 0.177. The number of halogens is 2. The van der Waals surface area contributed by atoms with Gasteiger partial charge < -0.3 is 10.2 Å². The van der Waals surface area contributed by atoms with Crippen LogP contribution in [0.1, 0.15) is 31.9 Å². The number of rotatable bonds is 11. The maximum Gasteiger partial charge on any atom is 0.304 e. The minimum atomic E-state index is -4.18. The highest BCUT2D eigenvalue weighted by atomic mass is 35.5. The van der Waals surface area contributed by atoms with Gasteiger partial charge in [0.05, 0.1) is 5.69 Å². The molecule has 3 rings (SSSR count). The summed E-state index contributed by atoms with van der Waals surface area (Å²) in [5.74, 6) is -1.58. The maximum absolute atomic E-state index is 14.2. The molecule has 0 aliphatic heterocycles. The molecule has 0 unspecified atom stereocenters. The first kappa shape index (κ1) is 32.0. The van der Waals surface area contributed by atoms with E-state index in [2.05, 4.69) is 5.32 Å². The quantitative estimate of drug-likeness (QED) is 0.346. The molecule has 0 aliphatic carbocycles. The van der Waals surface area contributed by atoms with Crippen molar-refractivity contribution in [2.75, 3.05) is 24.9 Å². The van der Waals surface area contributed by atoms with Crippen molar-refractivity contribution in [2.24, 2.45) is 0 Å². The molecule has 0 aromatic heterocycles. The van der Waals surface area contributed by atoms with Gasteiger partial charge in [0.15, 0.2) is 0 Å². The van der Waals surface area contributed by atoms with E-state index in [-0.39, 0.29) is 18.7 Å². The summed E-state index contributed by atoms with van der Waals surface area (Å²) in [7, 11) is -1.50. The number of nitrogens with one attached hydrogen (secondary N) is 1. The van der Waals surface area contributed by atoms with Gasteiger partial charge in [-0.2, -0.15) is 12.7 Å². The average Bonchev–Trinajstić information content (AvgIpc) is 2.90. The molecule has 0 fully saturated rings. The van der Waals surface area contributed by atoms with Crippen LogP contribution < -0.4 is 9.62 Å². The van der Waals surface area contributed by atoms with Crippen LogP contribution in [0.15, 0.2) is 78.9 Å². The van der Waals surface area contributed by atoms with Crippen molar-refractivity contribution in [3.63, 3.8) is 0 Å². The van der Waals surface area contributed by atoms with Crippen molar-refractivity contribution in [3.05, 3.63) is 101 Å². The van der Waals surface area contributed by atoms with E-state index >= 15 is 0 Å². The smallest absolute Gasteiger partial charge is 0.304 e. The van der Waals surface area contributed by atoms with Gasteiger partial charge in [-0.3, -0.25) is 9.59 Å². The first-order chi connectivity index (χ1) is 19.2. The second-order valence-corrected chi connectivity index (χ2v) is 13.3. The predicted molar refractivity (Wildman–Crippen MR) is 160 cm³/mol. The summed E-state index contributed by atoms with van der Waals surface area (Å²) in [5.41, 5.74) is 0.909. The highest BCUT2D eigenvalue weighted by Gasteiger charge is 2.36. The van der Waals surface area contributed by atoms with E-state index in [0.29, 0.717) is 10.6 Å². The van der Waals surface area contributed by atoms with Crippen molar-refractivity contribution in [1.29, 1.82) is 0 Å². The fourth-order valence-electron chi connectivity index (χ4n) is 4.14. The summed E-state index contributed by atoms with van der Waals surface area (Å²) >= 11 is 6.47. The van der Waals surface area contributed by atoms with Gasteiger partial charge in [-0.15, -0.1) is 0 Å². The van der Waals surface area contributed by atoms with Gasteiger partial charge in [-0.05, 0) is 62.2 Å². The van der Waals surface area contributed by atoms with E-state index in [0.717, 1.165) is 26.3 Å². The SMILES string of the molecule is CN(C)S(=O)(=O)N(CC(=O)N(Cc1ccccc1Cl)[C@@H](Cc1ccccc1)C(=O)NC(C)(C)C)c1ccc(F)cc1. The third-order valence-corrected chi connectivity index (χ3v) is 8.39. The molecular formula is C30H36ClFN4O4S. The molecule has 0 bridgehead atoms. The van der Waals surface area contributed by atoms with E-state index in [4.69, 9.17) is 11.6 Å². The molecule has 8 nitrogen and oxygen atoms in total. The number of nitrogens with zero attached hydrogens (tertiary/aromatic N) is 3. The standard InChI is InChI=1S/C30H36ClFN4O4S/c1-30(2,3)33-29(38)27(19-22-11-7-6-8-12-22)35(20-23-13-9-10-14-26(23)31)28(37)21-36(41(39,40)34(4)5)25-17-15-24(32)16-18-25/h6-18,27H,19-21H2,1-5H3,(H,33,38)/t27-/m0/s1. The van der Waals surface area contributed by atoms with Gasteiger partial charge in [-0.1, -0.05) is 60.1 Å². The lowest BCUT2D eigenvalue weighted by Gasteiger charge is -2.36. The Bertz CT molecular complexity index is 1450. The number of hydrogen-bond acceptors (Lipinski definition) is 4. The molecule has 0 saturated carbocycles. The Morgan fingerprint density at radius 1 is 0.927 bits per heavy atom. The molecule has 1 atom stereocenters. The van der Waals surface area contributed by atoms with Crippen LogP contribution in [0.3, 0.4) is 0 Å². The van der Waals surface area contributed by atoms with Gasteiger partial charge in [0.2, 0.25) is 11.8 Å². The zero-order chi connectivity index (χ0) is 30.4. The Morgan fingerprint density at radius 3 is 2.07 bits per heavy atom. The molecule has 220 valence electrons. The van der Waals surface area contributed by atoms with E-state index in [1.165, 1.54) is 31.1 Å². The first-order valence-electron chi connectivity index (χ1n) is 13.0. The molecule has 0 spiro atoms. The van der Waals surface area contributed by atoms with Crippen molar-refractivity contribution >= 4 is 39.3 Å². The van der Waals surface area contributed by atoms with E-state index < -0.39 is 46.0 Å². The van der Waals surface area contributed by atoms with Crippen LogP contribution in [0.5, 0.6) is 0 Å². The zero-order valence-corrected chi connectivity index (χ0v) is 25.4. The summed E-state index contributed by atoms with van der Waals surface area (Å²) in [6, 6.07) is 20.0. The normalized spacial score (nSPS) is 12.6. The van der Waals surface area contributed by atoms with Crippen LogP contribution in [0.4, 0.5) is 10.1 Å². The average molecular weight is 603 g/mol. The molecule has 0 saturated heterocycles. The van der Waals surface area contributed by atoms with Crippen molar-refractivity contribution in [2.45, 2.75) is 45.3 Å². The van der Waals surface area contributed by atoms with Crippen molar-refractivity contribution in [1.82, 2.24) is 14.5 Å². The number of benzene rings is 3. The Kier molecular flexibility index (Phi) is 10.5. The van der Waals surface area contributed by atoms with Crippen LogP contribution in [0.25, 0.3) is 0 Å². The molecule has 11 heteroatoms. The summed E-state index contributed by atoms with van der Waals surface area (Å²) in [4.78, 5) is 29.3. The third-order valence-electron chi connectivity index (χ3n) is 6.20. The minimum Gasteiger partial charge on any atom is -0.350 e. The number of amides is 2. The topological polar surface area (TPSA) is 90.0 Å². The molecule has 0 aliphatic rings. The second-order valence-electron chi connectivity index (χ2n) is 10.8. The van der Waals surface area contributed by atoms with Crippen LogP contribution in [0, 0.1) is 5.82 Å². The third kappa shape index (κ3) is 8.76. The van der Waals surface area contributed by atoms with Crippen molar-refractivity contribution < 1.29 is 22.4 Å². The molecule has 1 N–H and O–H groups in total. The molecule has 0 radical (unpaired) electrons. The van der Waals surface area contributed by atoms with E-state index in [9.17, 15) is 22.4 Å². The van der Waals surface area contributed by atoms with Crippen LogP contribution in [0.2, 0.25) is 5.02 Å². The zero-order valence-electron chi connectivity index (χ0n) is 23.8. The summed E-state index contributed by atoms with van der Waals surface area (Å²) in [5, 5.41) is 3.37. The van der Waals surface area contributed by atoms with Crippen LogP contribution >= 0.6 is 11.6 Å². The van der Waals surface area contributed by atoms with Gasteiger partial charge in [0.25, 0.3) is 0 Å². The lowest BCUT2D eigenvalue weighted by Crippen LogP contribution is -2.56. The second kappa shape index (κ2) is 13.5. The first-order valence-corrected chi connectivity index (χ1v) is 14.8. The largest absolute Gasteiger partial charge is 0.350 e. The summed E-state index contributed by atoms with van der Waals surface area (Å²) < 4.78 is 42.3. The number of hydrogen-bond donors (Lipinski definition) is 1. The maximum atomic E-state index is 14.2. The Morgan fingerprint density at radius 2 is 1.51 bits per heavy atom. The van der Waals surface area contributed by atoms with Crippen molar-refractivity contribution in [3.8, 4) is 0 Å². The van der Waals surface area contributed by atoms with Gasteiger partial charge in [0, 0.05) is 37.6 Å². The molecule has 3 aromatic rings. The fourth-order valence-corrected chi connectivity index (χ4v) is 5.39. The minimum absolute atomic E-state index is 0.0488. The number of carbonyl (C=O) groups excluding carboxylic acids is 2. The Balaban J connectivity index is 2.12. The van der Waals surface area contributed by atoms with Crippen LogP contribution in [-0.2, 0) is 32.8 Å². The monoisotopic (exact) mass is 602 g/mol. The Hall–Kier alpha value is -3.47. The molecule has 41 heavy (non-hydrogen) atoms. The highest BCUT2D eigenvalue weighted by Crippen LogP contribution is 2.24. The van der Waals surface area contributed by atoms with Gasteiger partial charge in [0.1, 0.15) is 18.4 Å². The van der Waals surface area contributed by atoms with E-state index in [1.807, 2.05) is 51.1 Å². The summed E-state index contributed by atoms with van der Waals surface area (Å²) in [6.45, 7) is 4.83. The van der Waals surface area contributed by atoms with Gasteiger partial charge in [-0.25, -0.2) is 8.70 Å². The Labute approximate surface area is 246 Å². The molecule has 0 heterocycles. The lowest BCUT2D eigenvalue weighted by atomic mass is 10.0. The number of anilines is 1. The predicted octanol–water partition coefficient (Wildman–Crippen LogP) is 4.65. The van der Waals surface area contributed by atoms with Gasteiger partial charge >= 0.3 is 10.2 Å². The number of carbonyl (C=O) groups is 2. The molecular weight excluding hydrogens is 567 g/mol. The fraction of sp³-hybridized carbons (Fsp3) is 0.333. The van der Waals surface area contributed by atoms with Crippen LogP contribution in [-0.4, -0.2) is 61.7 Å². The highest BCUT2D eigenvalue weighted by molar-refractivity contribution is 7.90. The van der Waals surface area contributed by atoms with E-state index in [1.54, 1.807) is 24.3 Å². The lowest BCUT2D eigenvalue weighted by molar-refractivity contribution is -0.140. The molecule has 2 amide bonds. The molecule has 3 aromatic carbocycles.